The molecule has 2 aliphatic carbocycles. The lowest BCUT2D eigenvalue weighted by Gasteiger charge is -2.23. The molecule has 7 aromatic rings. The van der Waals surface area contributed by atoms with Crippen LogP contribution in [0.1, 0.15) is 54.9 Å². The monoisotopic (exact) mass is 682 g/mol. The molecule has 0 fully saturated rings. The highest BCUT2D eigenvalue weighted by Crippen LogP contribution is 2.49. The molecule has 0 radical (unpaired) electrons. The molecule has 0 bridgehead atoms. The molecule has 3 aliphatic rings. The topological polar surface area (TPSA) is 66.7 Å². The molecular weight excluding hydrogens is 649 g/mol. The molecule has 2 atom stereocenters. The predicted octanol–water partition coefficient (Wildman–Crippen LogP) is 11.9. The number of hydrogen-bond donors (Lipinski definition) is 0. The molecule has 53 heavy (non-hydrogen) atoms. The Morgan fingerprint density at radius 1 is 0.660 bits per heavy atom. The van der Waals surface area contributed by atoms with Crippen molar-refractivity contribution in [3.63, 3.8) is 0 Å². The number of benzene rings is 5. The van der Waals surface area contributed by atoms with Crippen molar-refractivity contribution in [2.75, 3.05) is 0 Å². The second kappa shape index (κ2) is 11.9. The molecule has 0 saturated heterocycles. The van der Waals surface area contributed by atoms with Crippen LogP contribution in [0.2, 0.25) is 0 Å². The van der Waals surface area contributed by atoms with Crippen LogP contribution < -0.4 is 4.74 Å². The number of nitrogens with zero attached hydrogens (tertiary/aromatic N) is 4. The van der Waals surface area contributed by atoms with Crippen LogP contribution in [-0.4, -0.2) is 9.13 Å². The Morgan fingerprint density at radius 2 is 1.30 bits per heavy atom. The highest BCUT2D eigenvalue weighted by Gasteiger charge is 2.34. The fourth-order valence-electron chi connectivity index (χ4n) is 8.95. The molecule has 5 nitrogen and oxygen atoms in total. The molecule has 2 aromatic heterocycles. The predicted molar refractivity (Wildman–Crippen MR) is 215 cm³/mol. The number of rotatable bonds is 3. The summed E-state index contributed by atoms with van der Waals surface area (Å²) >= 11 is 0. The Hall–Kier alpha value is -6.82. The van der Waals surface area contributed by atoms with E-state index in [1.165, 1.54) is 55.5 Å². The average molecular weight is 683 g/mol. The molecule has 0 amide bonds. The fraction of sp³-hybridized carbons (Fsp3) is 0.125. The van der Waals surface area contributed by atoms with E-state index in [9.17, 15) is 10.5 Å². The lowest BCUT2D eigenvalue weighted by molar-refractivity contribution is 0.425. The van der Waals surface area contributed by atoms with E-state index >= 15 is 0 Å². The Bertz CT molecular complexity index is 2860. The number of fused-ring (bicyclic) bond motifs is 9. The molecule has 252 valence electrons. The van der Waals surface area contributed by atoms with Gasteiger partial charge in [-0.2, -0.15) is 10.5 Å². The zero-order chi connectivity index (χ0) is 35.8. The molecule has 1 aliphatic heterocycles. The number of ether oxygens (including phenoxy) is 1. The van der Waals surface area contributed by atoms with Crippen LogP contribution in [0.4, 0.5) is 0 Å². The Labute approximate surface area is 307 Å². The van der Waals surface area contributed by atoms with Crippen LogP contribution in [0.25, 0.3) is 60.6 Å². The van der Waals surface area contributed by atoms with Crippen molar-refractivity contribution < 1.29 is 4.74 Å². The van der Waals surface area contributed by atoms with Gasteiger partial charge in [0.2, 0.25) is 0 Å². The summed E-state index contributed by atoms with van der Waals surface area (Å²) in [4.78, 5) is 0. The molecule has 5 heteroatoms. The largest absolute Gasteiger partial charge is 0.461 e. The highest BCUT2D eigenvalue weighted by atomic mass is 16.5. The van der Waals surface area contributed by atoms with E-state index in [2.05, 4.69) is 132 Å². The van der Waals surface area contributed by atoms with Crippen LogP contribution in [0.15, 0.2) is 145 Å². The van der Waals surface area contributed by atoms with Crippen LogP contribution in [0.3, 0.4) is 0 Å². The van der Waals surface area contributed by atoms with Crippen LogP contribution in [0.5, 0.6) is 5.75 Å². The van der Waals surface area contributed by atoms with E-state index in [1.807, 2.05) is 36.4 Å². The minimum absolute atomic E-state index is 0.145. The van der Waals surface area contributed by atoms with Crippen molar-refractivity contribution in [2.45, 2.75) is 32.6 Å². The molecule has 10 rings (SSSR count). The SMILES string of the molecule is CC1=C(c2ccc3c(c2)C2CC(n4c5ccccc5c5ccccc54)=CC=C2O3)C=CC=C(n2c3ccc(C#N)cc3c3cc(C#N)ccc32)[C@@H](C)C1. The number of para-hydroxylation sites is 2. The van der Waals surface area contributed by atoms with Crippen molar-refractivity contribution in [1.82, 2.24) is 9.13 Å². The van der Waals surface area contributed by atoms with E-state index in [0.717, 1.165) is 46.2 Å². The maximum absolute atomic E-state index is 9.66. The highest BCUT2D eigenvalue weighted by molar-refractivity contribution is 6.11. The first-order chi connectivity index (χ1) is 26.0. The van der Waals surface area contributed by atoms with Gasteiger partial charge in [-0.25, -0.2) is 0 Å². The summed E-state index contributed by atoms with van der Waals surface area (Å²) in [5.41, 5.74) is 13.2. The number of allylic oxidation sites excluding steroid dienone is 10. The normalized spacial score (nSPS) is 18.2. The van der Waals surface area contributed by atoms with E-state index in [1.54, 1.807) is 0 Å². The fourth-order valence-corrected chi connectivity index (χ4v) is 8.95. The Morgan fingerprint density at radius 3 is 1.96 bits per heavy atom. The summed E-state index contributed by atoms with van der Waals surface area (Å²) in [6, 6.07) is 40.3. The van der Waals surface area contributed by atoms with E-state index < -0.39 is 0 Å². The van der Waals surface area contributed by atoms with Crippen molar-refractivity contribution >= 4 is 60.6 Å². The lowest BCUT2D eigenvalue weighted by atomic mass is 9.86. The first-order valence-electron chi connectivity index (χ1n) is 18.2. The smallest absolute Gasteiger partial charge is 0.130 e. The first-order valence-corrected chi connectivity index (χ1v) is 18.2. The van der Waals surface area contributed by atoms with Gasteiger partial charge in [0.05, 0.1) is 51.3 Å². The third-order valence-electron chi connectivity index (χ3n) is 11.4. The zero-order valence-corrected chi connectivity index (χ0v) is 29.5. The molecule has 0 saturated carbocycles. The summed E-state index contributed by atoms with van der Waals surface area (Å²) in [7, 11) is 0. The molecule has 5 aromatic carbocycles. The van der Waals surface area contributed by atoms with Crippen molar-refractivity contribution in [1.29, 1.82) is 10.5 Å². The standard InChI is InChI=1S/C48H34N4O/c1-29-22-30(2)42(52-45-18-14-31(27-49)23-38(45)39-24-32(28-50)15-19-46(39)52)13-7-10-35(29)33-16-20-47-40(25-33)41-26-34(17-21-48(41)53-47)51-43-11-5-3-8-36(43)37-9-4-6-12-44(37)51/h3-21,23-25,30,41H,22,26H2,1-2H3/t30-,41?/m0/s1. The summed E-state index contributed by atoms with van der Waals surface area (Å²) in [5.74, 6) is 2.30. The van der Waals surface area contributed by atoms with Gasteiger partial charge in [-0.1, -0.05) is 67.1 Å². The molecule has 1 unspecified atom stereocenters. The zero-order valence-electron chi connectivity index (χ0n) is 29.5. The maximum Gasteiger partial charge on any atom is 0.130 e. The molecular formula is C48H34N4O. The van der Waals surface area contributed by atoms with Gasteiger partial charge in [0.1, 0.15) is 11.5 Å². The van der Waals surface area contributed by atoms with Crippen LogP contribution in [0, 0.1) is 28.6 Å². The lowest BCUT2D eigenvalue weighted by Crippen LogP contribution is -2.09. The first kappa shape index (κ1) is 31.0. The second-order valence-corrected chi connectivity index (χ2v) is 14.5. The summed E-state index contributed by atoms with van der Waals surface area (Å²) in [6.45, 7) is 4.54. The maximum atomic E-state index is 9.66. The summed E-state index contributed by atoms with van der Waals surface area (Å²) in [5, 5.41) is 23.8. The number of aromatic nitrogens is 2. The van der Waals surface area contributed by atoms with Gasteiger partial charge in [0, 0.05) is 50.8 Å². The van der Waals surface area contributed by atoms with Crippen molar-refractivity contribution in [3.05, 3.63) is 167 Å². The second-order valence-electron chi connectivity index (χ2n) is 14.5. The van der Waals surface area contributed by atoms with Gasteiger partial charge < -0.3 is 13.9 Å². The van der Waals surface area contributed by atoms with Gasteiger partial charge in [-0.15, -0.1) is 0 Å². The van der Waals surface area contributed by atoms with E-state index in [-0.39, 0.29) is 11.8 Å². The third-order valence-corrected chi connectivity index (χ3v) is 11.4. The number of nitriles is 2. The van der Waals surface area contributed by atoms with Gasteiger partial charge in [-0.05, 0) is 103 Å². The summed E-state index contributed by atoms with van der Waals surface area (Å²) in [6.07, 6.45) is 12.8. The number of hydrogen-bond acceptors (Lipinski definition) is 3. The van der Waals surface area contributed by atoms with E-state index in [4.69, 9.17) is 4.74 Å². The molecule has 0 N–H and O–H groups in total. The van der Waals surface area contributed by atoms with Gasteiger partial charge in [0.15, 0.2) is 0 Å². The Balaban J connectivity index is 1.01. The quantitative estimate of drug-likeness (QED) is 0.186. The van der Waals surface area contributed by atoms with Gasteiger partial charge >= 0.3 is 0 Å². The van der Waals surface area contributed by atoms with Gasteiger partial charge in [-0.3, -0.25) is 0 Å². The molecule has 0 spiro atoms. The minimum Gasteiger partial charge on any atom is -0.461 e. The summed E-state index contributed by atoms with van der Waals surface area (Å²) < 4.78 is 11.2. The minimum atomic E-state index is 0.145. The molecule has 3 heterocycles. The van der Waals surface area contributed by atoms with Crippen molar-refractivity contribution in [3.8, 4) is 17.9 Å². The third kappa shape index (κ3) is 4.75. The van der Waals surface area contributed by atoms with Gasteiger partial charge in [0.25, 0.3) is 0 Å². The average Bonchev–Trinajstić information content (AvgIpc) is 3.83. The van der Waals surface area contributed by atoms with E-state index in [0.29, 0.717) is 11.1 Å². The van der Waals surface area contributed by atoms with Crippen LogP contribution in [-0.2, 0) is 0 Å². The Kier molecular flexibility index (Phi) is 6.94. The van der Waals surface area contributed by atoms with Crippen molar-refractivity contribution in [2.24, 2.45) is 5.92 Å². The van der Waals surface area contributed by atoms with Crippen LogP contribution >= 0.6 is 0 Å².